The van der Waals surface area contributed by atoms with Gasteiger partial charge in [0.25, 0.3) is 5.91 Å². The van der Waals surface area contributed by atoms with E-state index in [9.17, 15) is 10.1 Å². The number of carbonyl (C=O) groups is 1. The Morgan fingerprint density at radius 1 is 1.43 bits per heavy atom. The Balaban J connectivity index is 1.67. The summed E-state index contributed by atoms with van der Waals surface area (Å²) in [6, 6.07) is 8.08. The number of thioether (sulfide) groups is 1. The molecule has 1 N–H and O–H groups in total. The molecule has 7 nitrogen and oxygen atoms in total. The predicted octanol–water partition coefficient (Wildman–Crippen LogP) is 2.85. The molecule has 2 fully saturated rings. The van der Waals surface area contributed by atoms with E-state index in [1.807, 2.05) is 24.3 Å². The van der Waals surface area contributed by atoms with Crippen molar-refractivity contribution in [2.75, 3.05) is 20.3 Å². The Bertz CT molecular complexity index is 1040. The molecule has 1 aromatic heterocycles. The number of methoxy groups -OCH3 is 1. The van der Waals surface area contributed by atoms with Gasteiger partial charge < -0.3 is 14.8 Å². The molecular weight excluding hydrogens is 376 g/mol. The average Bonchev–Trinajstić information content (AvgIpc) is 3.44. The minimum Gasteiger partial charge on any atom is -0.489 e. The van der Waals surface area contributed by atoms with Crippen LogP contribution in [0.25, 0.3) is 17.0 Å². The number of carbonyl (C=O) groups excluding carboxylic acids is 1. The van der Waals surface area contributed by atoms with Gasteiger partial charge in [0.2, 0.25) is 0 Å². The topological polar surface area (TPSA) is 96.6 Å². The Hall–Kier alpha value is -2.89. The molecule has 2 aliphatic rings. The molecule has 1 amide bonds. The number of nitrogens with zero attached hydrogens (tertiary/aromatic N) is 3. The number of benzene rings is 1. The number of aliphatic imine (C=N–C) groups is 1. The van der Waals surface area contributed by atoms with Gasteiger partial charge >= 0.3 is 0 Å². The van der Waals surface area contributed by atoms with Gasteiger partial charge in [0.1, 0.15) is 24.0 Å². The second-order valence-electron chi connectivity index (χ2n) is 6.46. The highest BCUT2D eigenvalue weighted by molar-refractivity contribution is 8.18. The normalized spacial score (nSPS) is 19.2. The summed E-state index contributed by atoms with van der Waals surface area (Å²) >= 11 is 1.35. The zero-order chi connectivity index (χ0) is 19.5. The number of nitriles is 1. The molecule has 0 radical (unpaired) electrons. The third-order valence-corrected chi connectivity index (χ3v) is 5.22. The van der Waals surface area contributed by atoms with E-state index in [1.165, 1.54) is 18.0 Å². The minimum atomic E-state index is -0.148. The molecule has 142 valence electrons. The van der Waals surface area contributed by atoms with Gasteiger partial charge in [0.15, 0.2) is 5.17 Å². The number of aromatic nitrogens is 1. The molecule has 1 aromatic carbocycles. The lowest BCUT2D eigenvalue weighted by Gasteiger charge is -2.11. The monoisotopic (exact) mass is 394 g/mol. The van der Waals surface area contributed by atoms with E-state index in [2.05, 4.69) is 21.4 Å². The first-order chi connectivity index (χ1) is 13.7. The van der Waals surface area contributed by atoms with Crippen LogP contribution in [0.1, 0.15) is 24.0 Å². The summed E-state index contributed by atoms with van der Waals surface area (Å²) < 4.78 is 10.8. The van der Waals surface area contributed by atoms with Crippen molar-refractivity contribution in [2.24, 2.45) is 4.99 Å². The predicted molar refractivity (Wildman–Crippen MR) is 108 cm³/mol. The standard InChI is InChI=1S/C20H18N4O3S/c1-26-6-7-27-18-13(10-21)11-22-16-5-2-12(8-15(16)18)9-17-19(25)24-20(28-17)23-14-3-4-14/h2,5,8-9,11,14H,3-4,6-7H2,1H3,(H,23,24,25). The molecule has 1 aliphatic carbocycles. The van der Waals surface area contributed by atoms with E-state index >= 15 is 0 Å². The lowest BCUT2D eigenvalue weighted by Crippen LogP contribution is -2.20. The van der Waals surface area contributed by atoms with Crippen LogP contribution < -0.4 is 10.1 Å². The molecule has 1 saturated heterocycles. The highest BCUT2D eigenvalue weighted by Crippen LogP contribution is 2.33. The van der Waals surface area contributed by atoms with Crippen LogP contribution >= 0.6 is 11.8 Å². The van der Waals surface area contributed by atoms with Crippen LogP contribution in [-0.2, 0) is 9.53 Å². The zero-order valence-electron chi connectivity index (χ0n) is 15.3. The van der Waals surface area contributed by atoms with Gasteiger partial charge in [-0.15, -0.1) is 0 Å². The number of nitrogens with one attached hydrogen (secondary N) is 1. The molecule has 0 bridgehead atoms. The van der Waals surface area contributed by atoms with Crippen molar-refractivity contribution in [1.29, 1.82) is 5.26 Å². The van der Waals surface area contributed by atoms with E-state index in [0.29, 0.717) is 46.2 Å². The third kappa shape index (κ3) is 4.01. The van der Waals surface area contributed by atoms with Crippen molar-refractivity contribution < 1.29 is 14.3 Å². The number of rotatable bonds is 6. The van der Waals surface area contributed by atoms with Gasteiger partial charge in [-0.05, 0) is 48.4 Å². The molecular formula is C20H18N4O3S. The average molecular weight is 394 g/mol. The van der Waals surface area contributed by atoms with Crippen LogP contribution in [0.2, 0.25) is 0 Å². The number of amides is 1. The lowest BCUT2D eigenvalue weighted by atomic mass is 10.1. The summed E-state index contributed by atoms with van der Waals surface area (Å²) in [5, 5.41) is 13.6. The first-order valence-electron chi connectivity index (χ1n) is 8.91. The fourth-order valence-corrected chi connectivity index (χ4v) is 3.64. The van der Waals surface area contributed by atoms with Crippen LogP contribution in [-0.4, -0.2) is 42.4 Å². The quantitative estimate of drug-likeness (QED) is 0.598. The van der Waals surface area contributed by atoms with Crippen LogP contribution in [0.5, 0.6) is 5.75 Å². The number of hydrogen-bond acceptors (Lipinski definition) is 7. The van der Waals surface area contributed by atoms with Crippen molar-refractivity contribution in [2.45, 2.75) is 18.9 Å². The maximum absolute atomic E-state index is 12.2. The molecule has 4 rings (SSSR count). The minimum absolute atomic E-state index is 0.148. The largest absolute Gasteiger partial charge is 0.489 e. The molecule has 2 aromatic rings. The first-order valence-corrected chi connectivity index (χ1v) is 9.73. The second-order valence-corrected chi connectivity index (χ2v) is 7.49. The van der Waals surface area contributed by atoms with Gasteiger partial charge in [-0.1, -0.05) is 6.07 Å². The lowest BCUT2D eigenvalue weighted by molar-refractivity contribution is -0.115. The van der Waals surface area contributed by atoms with Gasteiger partial charge in [-0.2, -0.15) is 5.26 Å². The zero-order valence-corrected chi connectivity index (χ0v) is 16.1. The molecule has 0 atom stereocenters. The van der Waals surface area contributed by atoms with Gasteiger partial charge in [-0.25, -0.2) is 0 Å². The summed E-state index contributed by atoms with van der Waals surface area (Å²) in [5.41, 5.74) is 1.90. The Morgan fingerprint density at radius 3 is 3.04 bits per heavy atom. The summed E-state index contributed by atoms with van der Waals surface area (Å²) in [6.45, 7) is 0.743. The van der Waals surface area contributed by atoms with E-state index < -0.39 is 0 Å². The van der Waals surface area contributed by atoms with Crippen LogP contribution in [0.15, 0.2) is 34.3 Å². The van der Waals surface area contributed by atoms with Crippen molar-refractivity contribution in [3.8, 4) is 11.8 Å². The SMILES string of the molecule is COCCOc1c(C#N)cnc2ccc(C=C3SC(=NC4CC4)NC3=O)cc12. The van der Waals surface area contributed by atoms with Crippen LogP contribution in [0.4, 0.5) is 0 Å². The van der Waals surface area contributed by atoms with E-state index in [1.54, 1.807) is 7.11 Å². The van der Waals surface area contributed by atoms with E-state index in [0.717, 1.165) is 23.8 Å². The Kier molecular flexibility index (Phi) is 5.28. The smallest absolute Gasteiger partial charge is 0.264 e. The van der Waals surface area contributed by atoms with Crippen LogP contribution in [0.3, 0.4) is 0 Å². The number of fused-ring (bicyclic) bond motifs is 1. The summed E-state index contributed by atoms with van der Waals surface area (Å²) in [7, 11) is 1.59. The molecule has 2 heterocycles. The number of pyridine rings is 1. The fraction of sp³-hybridized carbons (Fsp3) is 0.300. The Morgan fingerprint density at radius 2 is 2.29 bits per heavy atom. The Labute approximate surface area is 166 Å². The van der Waals surface area contributed by atoms with E-state index in [-0.39, 0.29) is 5.91 Å². The molecule has 1 saturated carbocycles. The maximum atomic E-state index is 12.2. The third-order valence-electron chi connectivity index (χ3n) is 4.29. The molecule has 0 unspecified atom stereocenters. The number of ether oxygens (including phenoxy) is 2. The van der Waals surface area contributed by atoms with E-state index in [4.69, 9.17) is 9.47 Å². The molecule has 1 aliphatic heterocycles. The highest BCUT2D eigenvalue weighted by atomic mass is 32.2. The number of hydrogen-bond donors (Lipinski definition) is 1. The highest BCUT2D eigenvalue weighted by Gasteiger charge is 2.28. The van der Waals surface area contributed by atoms with Crippen molar-refractivity contribution in [3.05, 3.63) is 40.4 Å². The fourth-order valence-electron chi connectivity index (χ4n) is 2.75. The van der Waals surface area contributed by atoms with Crippen LogP contribution in [0, 0.1) is 11.3 Å². The van der Waals surface area contributed by atoms with Crippen molar-refractivity contribution in [1.82, 2.24) is 10.3 Å². The molecule has 0 spiro atoms. The summed E-state index contributed by atoms with van der Waals surface area (Å²) in [4.78, 5) is 21.6. The van der Waals surface area contributed by atoms with Gasteiger partial charge in [0, 0.05) is 18.7 Å². The first kappa shape index (κ1) is 18.5. The van der Waals surface area contributed by atoms with Crippen molar-refractivity contribution in [3.63, 3.8) is 0 Å². The second kappa shape index (κ2) is 8.00. The molecule has 8 heteroatoms. The summed E-state index contributed by atoms with van der Waals surface area (Å²) in [6.07, 6.45) is 5.49. The summed E-state index contributed by atoms with van der Waals surface area (Å²) in [5.74, 6) is 0.328. The van der Waals surface area contributed by atoms with Gasteiger partial charge in [0.05, 0.1) is 23.1 Å². The number of amidine groups is 1. The van der Waals surface area contributed by atoms with Gasteiger partial charge in [-0.3, -0.25) is 14.8 Å². The molecule has 28 heavy (non-hydrogen) atoms. The maximum Gasteiger partial charge on any atom is 0.264 e. The van der Waals surface area contributed by atoms with Crippen molar-refractivity contribution >= 4 is 39.8 Å².